The van der Waals surface area contributed by atoms with Gasteiger partial charge in [-0.25, -0.2) is 4.57 Å². The first-order chi connectivity index (χ1) is 11.1. The summed E-state index contributed by atoms with van der Waals surface area (Å²) in [6.07, 6.45) is 8.25. The molecular formula is C18H26N3O2+. The van der Waals surface area contributed by atoms with Crippen molar-refractivity contribution in [2.24, 2.45) is 14.1 Å². The van der Waals surface area contributed by atoms with Crippen molar-refractivity contribution in [3.8, 4) is 0 Å². The topological polar surface area (TPSA) is 52.5 Å². The van der Waals surface area contributed by atoms with Gasteiger partial charge >= 0.3 is 0 Å². The number of aryl methyl sites for hydroxylation is 1. The van der Waals surface area contributed by atoms with E-state index in [4.69, 9.17) is 10.2 Å². The molecule has 0 atom stereocenters. The van der Waals surface area contributed by atoms with E-state index < -0.39 is 0 Å². The third-order valence-electron chi connectivity index (χ3n) is 3.93. The van der Waals surface area contributed by atoms with Gasteiger partial charge in [0.15, 0.2) is 12.4 Å². The molecule has 5 nitrogen and oxygen atoms in total. The molecule has 0 bridgehead atoms. The van der Waals surface area contributed by atoms with E-state index in [-0.39, 0.29) is 13.2 Å². The van der Waals surface area contributed by atoms with Crippen LogP contribution < -0.4 is 4.57 Å². The Morgan fingerprint density at radius 3 is 2.30 bits per heavy atom. The van der Waals surface area contributed by atoms with E-state index in [1.807, 2.05) is 36.0 Å². The summed E-state index contributed by atoms with van der Waals surface area (Å²) in [6.45, 7) is 2.05. The number of aliphatic hydroxyl groups excluding tert-OH is 2. The molecule has 2 N–H and O–H groups in total. The molecule has 2 rings (SSSR count). The Kier molecular flexibility index (Phi) is 6.52. The Morgan fingerprint density at radius 2 is 1.70 bits per heavy atom. The zero-order valence-corrected chi connectivity index (χ0v) is 13.9. The summed E-state index contributed by atoms with van der Waals surface area (Å²) in [5, 5.41) is 18.2. The van der Waals surface area contributed by atoms with E-state index in [2.05, 4.69) is 41.0 Å². The van der Waals surface area contributed by atoms with Gasteiger partial charge < -0.3 is 14.8 Å². The van der Waals surface area contributed by atoms with Crippen molar-refractivity contribution >= 4 is 12.2 Å². The van der Waals surface area contributed by atoms with E-state index >= 15 is 0 Å². The first kappa shape index (κ1) is 17.4. The molecule has 0 aromatic carbocycles. The minimum Gasteiger partial charge on any atom is -0.395 e. The molecule has 2 heterocycles. The second-order valence-corrected chi connectivity index (χ2v) is 5.66. The Bertz CT molecular complexity index is 626. The van der Waals surface area contributed by atoms with E-state index in [9.17, 15) is 0 Å². The van der Waals surface area contributed by atoms with Gasteiger partial charge in [-0.05, 0) is 23.8 Å². The lowest BCUT2D eigenvalue weighted by atomic mass is 10.2. The fourth-order valence-corrected chi connectivity index (χ4v) is 2.48. The molecule has 2 aromatic rings. The molecule has 23 heavy (non-hydrogen) atoms. The van der Waals surface area contributed by atoms with Crippen LogP contribution in [0.15, 0.2) is 36.7 Å². The van der Waals surface area contributed by atoms with Crippen LogP contribution in [0.4, 0.5) is 0 Å². The number of rotatable bonds is 8. The number of pyridine rings is 1. The maximum Gasteiger partial charge on any atom is 0.169 e. The van der Waals surface area contributed by atoms with E-state index in [0.717, 1.165) is 17.0 Å². The molecule has 0 aliphatic heterocycles. The maximum atomic E-state index is 9.10. The lowest BCUT2D eigenvalue weighted by molar-refractivity contribution is -0.671. The fourth-order valence-electron chi connectivity index (χ4n) is 2.48. The molecule has 0 amide bonds. The maximum absolute atomic E-state index is 9.10. The van der Waals surface area contributed by atoms with Gasteiger partial charge in [0.05, 0.1) is 13.2 Å². The molecule has 0 aliphatic rings. The molecule has 0 aliphatic carbocycles. The third kappa shape index (κ3) is 5.03. The van der Waals surface area contributed by atoms with E-state index in [1.165, 1.54) is 0 Å². The second kappa shape index (κ2) is 8.62. The van der Waals surface area contributed by atoms with Gasteiger partial charge in [-0.1, -0.05) is 6.08 Å². The summed E-state index contributed by atoms with van der Waals surface area (Å²) in [4.78, 5) is 2.04. The SMILES string of the molecule is Cn1c(/C=C/c2cc[n+](C)cc2)ccc1CN(CCO)CCO. The summed E-state index contributed by atoms with van der Waals surface area (Å²) in [7, 11) is 4.04. The van der Waals surface area contributed by atoms with Gasteiger partial charge in [0.1, 0.15) is 7.05 Å². The standard InChI is InChI=1S/C18H26N3O2/c1-19-9-7-16(8-10-19)3-4-17-5-6-18(20(17)2)15-21(11-13-22)12-14-23/h3-10,22-23H,11-15H2,1-2H3/q+1. The summed E-state index contributed by atoms with van der Waals surface area (Å²) < 4.78 is 4.15. The number of hydrogen-bond acceptors (Lipinski definition) is 3. The third-order valence-corrected chi connectivity index (χ3v) is 3.93. The lowest BCUT2D eigenvalue weighted by Gasteiger charge is -2.20. The van der Waals surface area contributed by atoms with Gasteiger partial charge in [0, 0.05) is 50.2 Å². The number of nitrogens with zero attached hydrogens (tertiary/aromatic N) is 3. The van der Waals surface area contributed by atoms with E-state index in [1.54, 1.807) is 0 Å². The smallest absolute Gasteiger partial charge is 0.169 e. The van der Waals surface area contributed by atoms with Crippen molar-refractivity contribution in [2.75, 3.05) is 26.3 Å². The largest absolute Gasteiger partial charge is 0.395 e. The molecule has 5 heteroatoms. The quantitative estimate of drug-likeness (QED) is 0.709. The normalized spacial score (nSPS) is 11.7. The van der Waals surface area contributed by atoms with Crippen molar-refractivity contribution < 1.29 is 14.8 Å². The Balaban J connectivity index is 2.07. The molecule has 0 radical (unpaired) electrons. The highest BCUT2D eigenvalue weighted by Gasteiger charge is 2.08. The molecule has 0 spiro atoms. The van der Waals surface area contributed by atoms with E-state index in [0.29, 0.717) is 19.6 Å². The van der Waals surface area contributed by atoms with Gasteiger partial charge in [-0.3, -0.25) is 4.90 Å². The number of aromatic nitrogens is 2. The van der Waals surface area contributed by atoms with Gasteiger partial charge in [-0.2, -0.15) is 0 Å². The van der Waals surface area contributed by atoms with Crippen LogP contribution in [-0.4, -0.2) is 46.0 Å². The lowest BCUT2D eigenvalue weighted by Crippen LogP contribution is -2.30. The van der Waals surface area contributed by atoms with Crippen molar-refractivity contribution in [1.82, 2.24) is 9.47 Å². The zero-order chi connectivity index (χ0) is 16.7. The summed E-state index contributed by atoms with van der Waals surface area (Å²) in [6, 6.07) is 8.33. The fraction of sp³-hybridized carbons (Fsp3) is 0.389. The summed E-state index contributed by atoms with van der Waals surface area (Å²) in [5.41, 5.74) is 3.44. The highest BCUT2D eigenvalue weighted by atomic mass is 16.3. The predicted octanol–water partition coefficient (Wildman–Crippen LogP) is 0.807. The summed E-state index contributed by atoms with van der Waals surface area (Å²) in [5.74, 6) is 0. The van der Waals surface area contributed by atoms with Crippen LogP contribution in [-0.2, 0) is 20.6 Å². The van der Waals surface area contributed by atoms with Crippen molar-refractivity contribution in [3.05, 3.63) is 53.6 Å². The monoisotopic (exact) mass is 316 g/mol. The first-order valence-electron chi connectivity index (χ1n) is 7.86. The molecule has 0 saturated heterocycles. The van der Waals surface area contributed by atoms with Crippen molar-refractivity contribution in [2.45, 2.75) is 6.54 Å². The van der Waals surface area contributed by atoms with Crippen LogP contribution in [0.3, 0.4) is 0 Å². The molecule has 2 aromatic heterocycles. The summed E-state index contributed by atoms with van der Waals surface area (Å²) >= 11 is 0. The first-order valence-corrected chi connectivity index (χ1v) is 7.86. The molecule has 124 valence electrons. The van der Waals surface area contributed by atoms with Gasteiger partial charge in [0.25, 0.3) is 0 Å². The highest BCUT2D eigenvalue weighted by Crippen LogP contribution is 2.13. The van der Waals surface area contributed by atoms with Crippen molar-refractivity contribution in [1.29, 1.82) is 0 Å². The molecule has 0 fully saturated rings. The minimum atomic E-state index is 0.0998. The predicted molar refractivity (Wildman–Crippen MR) is 91.4 cm³/mol. The Morgan fingerprint density at radius 1 is 1.04 bits per heavy atom. The number of aliphatic hydroxyl groups is 2. The van der Waals surface area contributed by atoms with Crippen LogP contribution in [0.2, 0.25) is 0 Å². The average Bonchev–Trinajstić information content (AvgIpc) is 2.88. The van der Waals surface area contributed by atoms with Crippen molar-refractivity contribution in [3.63, 3.8) is 0 Å². The van der Waals surface area contributed by atoms with Gasteiger partial charge in [0.2, 0.25) is 0 Å². The second-order valence-electron chi connectivity index (χ2n) is 5.66. The van der Waals surface area contributed by atoms with Crippen LogP contribution in [0.25, 0.3) is 12.2 Å². The number of hydrogen-bond donors (Lipinski definition) is 2. The van der Waals surface area contributed by atoms with Crippen LogP contribution in [0.5, 0.6) is 0 Å². The minimum absolute atomic E-state index is 0.0998. The average molecular weight is 316 g/mol. The molecule has 0 saturated carbocycles. The van der Waals surface area contributed by atoms with Crippen LogP contribution in [0, 0.1) is 0 Å². The molecular weight excluding hydrogens is 290 g/mol. The Hall–Kier alpha value is -1.95. The van der Waals surface area contributed by atoms with Crippen LogP contribution in [0.1, 0.15) is 17.0 Å². The van der Waals surface area contributed by atoms with Crippen LogP contribution >= 0.6 is 0 Å². The Labute approximate surface area is 137 Å². The molecule has 0 unspecified atom stereocenters. The highest BCUT2D eigenvalue weighted by molar-refractivity contribution is 5.68. The van der Waals surface area contributed by atoms with Gasteiger partial charge in [-0.15, -0.1) is 0 Å². The zero-order valence-electron chi connectivity index (χ0n) is 13.9.